The van der Waals surface area contributed by atoms with Crippen molar-refractivity contribution in [2.75, 3.05) is 18.6 Å². The third-order valence-electron chi connectivity index (χ3n) is 4.23. The summed E-state index contributed by atoms with van der Waals surface area (Å²) in [4.78, 5) is 38.6. The number of halogens is 2. The number of imide groups is 2. The second-order valence-electron chi connectivity index (χ2n) is 6.31. The molecule has 4 amide bonds. The maximum Gasteiger partial charge on any atom is 0.335 e. The molecule has 1 heterocycles. The molecule has 1 N–H and O–H groups in total. The molecule has 7 nitrogen and oxygen atoms in total. The number of carbonyl (C=O) groups excluding carboxylic acids is 3. The SMILES string of the molecule is CCCOc1cc(Br)c(/C=C2\C(=O)NC(=O)N(c3ccc(Br)cc3)C2=O)cc1OC. The average Bonchev–Trinajstić information content (AvgIpc) is 2.71. The second kappa shape index (κ2) is 9.44. The molecule has 1 aliphatic heterocycles. The van der Waals surface area contributed by atoms with E-state index in [1.165, 1.54) is 13.2 Å². The summed E-state index contributed by atoms with van der Waals surface area (Å²) in [6.07, 6.45) is 2.24. The highest BCUT2D eigenvalue weighted by Gasteiger charge is 2.37. The molecule has 0 radical (unpaired) electrons. The minimum atomic E-state index is -0.801. The maximum atomic E-state index is 13.0. The molecular weight excluding hydrogens is 520 g/mol. The molecule has 30 heavy (non-hydrogen) atoms. The van der Waals surface area contributed by atoms with Crippen LogP contribution in [0.1, 0.15) is 18.9 Å². The molecule has 3 rings (SSSR count). The molecule has 1 saturated heterocycles. The Hall–Kier alpha value is -2.65. The summed E-state index contributed by atoms with van der Waals surface area (Å²) in [7, 11) is 1.51. The van der Waals surface area contributed by atoms with E-state index in [1.807, 2.05) is 6.92 Å². The number of amides is 4. The van der Waals surface area contributed by atoms with Crippen LogP contribution in [-0.4, -0.2) is 31.6 Å². The number of barbiturate groups is 1. The summed E-state index contributed by atoms with van der Waals surface area (Å²) in [6.45, 7) is 2.51. The predicted molar refractivity (Wildman–Crippen MR) is 120 cm³/mol. The van der Waals surface area contributed by atoms with Crippen molar-refractivity contribution in [3.8, 4) is 11.5 Å². The molecular formula is C21H18Br2N2O5. The van der Waals surface area contributed by atoms with Crippen molar-refractivity contribution in [1.29, 1.82) is 0 Å². The van der Waals surface area contributed by atoms with E-state index >= 15 is 0 Å². The number of rotatable bonds is 6. The molecule has 2 aromatic carbocycles. The number of nitrogens with one attached hydrogen (secondary N) is 1. The molecule has 0 bridgehead atoms. The van der Waals surface area contributed by atoms with E-state index in [4.69, 9.17) is 9.47 Å². The van der Waals surface area contributed by atoms with Crippen molar-refractivity contribution in [1.82, 2.24) is 5.32 Å². The van der Waals surface area contributed by atoms with E-state index in [0.717, 1.165) is 15.8 Å². The number of benzene rings is 2. The van der Waals surface area contributed by atoms with Gasteiger partial charge in [-0.25, -0.2) is 9.69 Å². The third-order valence-corrected chi connectivity index (χ3v) is 5.45. The van der Waals surface area contributed by atoms with Crippen molar-refractivity contribution >= 4 is 61.5 Å². The standard InChI is InChI=1S/C21H18Br2N2O5/c1-3-8-30-18-11-16(23)12(10-17(18)29-2)9-15-19(26)24-21(28)25(20(15)27)14-6-4-13(22)5-7-14/h4-7,9-11H,3,8H2,1-2H3,(H,24,26,28)/b15-9+. The van der Waals surface area contributed by atoms with Gasteiger partial charge in [-0.1, -0.05) is 38.8 Å². The molecule has 1 aliphatic rings. The van der Waals surface area contributed by atoms with Crippen molar-refractivity contribution in [2.24, 2.45) is 0 Å². The second-order valence-corrected chi connectivity index (χ2v) is 8.08. The Kier molecular flexibility index (Phi) is 6.94. The van der Waals surface area contributed by atoms with Gasteiger partial charge < -0.3 is 9.47 Å². The van der Waals surface area contributed by atoms with Gasteiger partial charge >= 0.3 is 6.03 Å². The Morgan fingerprint density at radius 3 is 2.40 bits per heavy atom. The van der Waals surface area contributed by atoms with Crippen LogP contribution in [0.4, 0.5) is 10.5 Å². The molecule has 0 saturated carbocycles. The Morgan fingerprint density at radius 1 is 1.07 bits per heavy atom. The number of anilines is 1. The summed E-state index contributed by atoms with van der Waals surface area (Å²) in [5.41, 5.74) is 0.695. The van der Waals surface area contributed by atoms with E-state index in [-0.39, 0.29) is 5.57 Å². The molecule has 9 heteroatoms. The van der Waals surface area contributed by atoms with Gasteiger partial charge in [-0.15, -0.1) is 0 Å². The average molecular weight is 538 g/mol. The quantitative estimate of drug-likeness (QED) is 0.427. The van der Waals surface area contributed by atoms with E-state index in [2.05, 4.69) is 37.2 Å². The number of ether oxygens (including phenoxy) is 2. The minimum Gasteiger partial charge on any atom is -0.493 e. The topological polar surface area (TPSA) is 84.9 Å². The van der Waals surface area contributed by atoms with Gasteiger partial charge in [-0.2, -0.15) is 0 Å². The van der Waals surface area contributed by atoms with Gasteiger partial charge in [-0.3, -0.25) is 14.9 Å². The van der Waals surface area contributed by atoms with Gasteiger partial charge in [-0.05, 0) is 54.5 Å². The summed E-state index contributed by atoms with van der Waals surface area (Å²) in [5, 5.41) is 2.21. The molecule has 1 fully saturated rings. The van der Waals surface area contributed by atoms with Crippen LogP contribution in [-0.2, 0) is 9.59 Å². The molecule has 156 valence electrons. The Morgan fingerprint density at radius 2 is 1.77 bits per heavy atom. The number of nitrogens with zero attached hydrogens (tertiary/aromatic N) is 1. The summed E-state index contributed by atoms with van der Waals surface area (Å²) in [5.74, 6) is -0.485. The summed E-state index contributed by atoms with van der Waals surface area (Å²) >= 11 is 6.75. The van der Waals surface area contributed by atoms with Crippen LogP contribution in [0, 0.1) is 0 Å². The smallest absolute Gasteiger partial charge is 0.335 e. The van der Waals surface area contributed by atoms with Crippen LogP contribution in [0.15, 0.2) is 50.9 Å². The maximum absolute atomic E-state index is 13.0. The van der Waals surface area contributed by atoms with E-state index in [0.29, 0.717) is 33.8 Å². The molecule has 2 aromatic rings. The van der Waals surface area contributed by atoms with Crippen LogP contribution in [0.2, 0.25) is 0 Å². The Balaban J connectivity index is 2.01. The minimum absolute atomic E-state index is 0.178. The predicted octanol–water partition coefficient (Wildman–Crippen LogP) is 4.68. The normalized spacial score (nSPS) is 15.4. The van der Waals surface area contributed by atoms with Crippen LogP contribution in [0.5, 0.6) is 11.5 Å². The Bertz CT molecular complexity index is 1030. The first kappa shape index (κ1) is 22.0. The Labute approximate surface area is 190 Å². The zero-order valence-electron chi connectivity index (χ0n) is 16.2. The first-order chi connectivity index (χ1) is 14.3. The highest BCUT2D eigenvalue weighted by atomic mass is 79.9. The molecule has 0 unspecified atom stereocenters. The van der Waals surface area contributed by atoms with Gasteiger partial charge in [0, 0.05) is 8.95 Å². The van der Waals surface area contributed by atoms with Crippen LogP contribution in [0.25, 0.3) is 6.08 Å². The van der Waals surface area contributed by atoms with Crippen molar-refractivity contribution in [2.45, 2.75) is 13.3 Å². The monoisotopic (exact) mass is 536 g/mol. The third kappa shape index (κ3) is 4.57. The number of hydrogen-bond acceptors (Lipinski definition) is 5. The molecule has 0 aliphatic carbocycles. The lowest BCUT2D eigenvalue weighted by molar-refractivity contribution is -0.122. The fourth-order valence-electron chi connectivity index (χ4n) is 2.78. The number of methoxy groups -OCH3 is 1. The lowest BCUT2D eigenvalue weighted by Crippen LogP contribution is -2.54. The highest BCUT2D eigenvalue weighted by Crippen LogP contribution is 2.35. The van der Waals surface area contributed by atoms with Crippen LogP contribution >= 0.6 is 31.9 Å². The lowest BCUT2D eigenvalue weighted by Gasteiger charge is -2.26. The number of carbonyl (C=O) groups is 3. The fraction of sp³-hybridized carbons (Fsp3) is 0.190. The zero-order chi connectivity index (χ0) is 21.8. The molecule has 0 aromatic heterocycles. The van der Waals surface area contributed by atoms with Crippen molar-refractivity contribution < 1.29 is 23.9 Å². The van der Waals surface area contributed by atoms with Crippen molar-refractivity contribution in [3.05, 3.63) is 56.5 Å². The van der Waals surface area contributed by atoms with Gasteiger partial charge in [0.2, 0.25) is 0 Å². The van der Waals surface area contributed by atoms with Crippen LogP contribution in [0.3, 0.4) is 0 Å². The van der Waals surface area contributed by atoms with E-state index in [1.54, 1.807) is 36.4 Å². The fourth-order valence-corrected chi connectivity index (χ4v) is 3.48. The van der Waals surface area contributed by atoms with Crippen LogP contribution < -0.4 is 19.7 Å². The zero-order valence-corrected chi connectivity index (χ0v) is 19.4. The van der Waals surface area contributed by atoms with Crippen molar-refractivity contribution in [3.63, 3.8) is 0 Å². The van der Waals surface area contributed by atoms with E-state index < -0.39 is 17.8 Å². The van der Waals surface area contributed by atoms with Gasteiger partial charge in [0.1, 0.15) is 5.57 Å². The number of urea groups is 1. The first-order valence-corrected chi connectivity index (χ1v) is 10.6. The van der Waals surface area contributed by atoms with Gasteiger partial charge in [0.15, 0.2) is 11.5 Å². The number of hydrogen-bond donors (Lipinski definition) is 1. The highest BCUT2D eigenvalue weighted by molar-refractivity contribution is 9.10. The van der Waals surface area contributed by atoms with Gasteiger partial charge in [0.05, 0.1) is 19.4 Å². The molecule has 0 spiro atoms. The largest absolute Gasteiger partial charge is 0.493 e. The lowest BCUT2D eigenvalue weighted by atomic mass is 10.1. The first-order valence-electron chi connectivity index (χ1n) is 9.03. The summed E-state index contributed by atoms with van der Waals surface area (Å²) in [6, 6.07) is 9.18. The van der Waals surface area contributed by atoms with Gasteiger partial charge in [0.25, 0.3) is 11.8 Å². The molecule has 0 atom stereocenters. The summed E-state index contributed by atoms with van der Waals surface area (Å²) < 4.78 is 12.4. The van der Waals surface area contributed by atoms with E-state index in [9.17, 15) is 14.4 Å².